The van der Waals surface area contributed by atoms with E-state index < -0.39 is 0 Å². The number of halogens is 1. The van der Waals surface area contributed by atoms with Crippen LogP contribution >= 0.6 is 15.9 Å². The van der Waals surface area contributed by atoms with Crippen molar-refractivity contribution in [3.63, 3.8) is 0 Å². The molecule has 0 radical (unpaired) electrons. The van der Waals surface area contributed by atoms with Crippen molar-refractivity contribution in [2.45, 2.75) is 46.1 Å². The van der Waals surface area contributed by atoms with Crippen LogP contribution in [0.4, 0.5) is 0 Å². The van der Waals surface area contributed by atoms with Crippen LogP contribution in [0.15, 0.2) is 22.8 Å². The highest BCUT2D eigenvalue weighted by molar-refractivity contribution is 9.10. The number of benzene rings is 1. The fourth-order valence-electron chi connectivity index (χ4n) is 2.97. The Morgan fingerprint density at radius 3 is 2.74 bits per heavy atom. The first-order chi connectivity index (χ1) is 9.06. The zero-order valence-electron chi connectivity index (χ0n) is 11.7. The molecule has 1 unspecified atom stereocenters. The van der Waals surface area contributed by atoms with E-state index in [9.17, 15) is 0 Å². The Balaban J connectivity index is 1.93. The van der Waals surface area contributed by atoms with Crippen LogP contribution < -0.4 is 0 Å². The van der Waals surface area contributed by atoms with Crippen molar-refractivity contribution >= 4 is 15.9 Å². The minimum atomic E-state index is 0.617. The molecule has 0 fully saturated rings. The second kappa shape index (κ2) is 4.78. The summed E-state index contributed by atoms with van der Waals surface area (Å²) in [5, 5.41) is 0. The lowest BCUT2D eigenvalue weighted by Crippen LogP contribution is -2.19. The molecule has 1 aromatic heterocycles. The first-order valence-electron chi connectivity index (χ1n) is 6.85. The highest BCUT2D eigenvalue weighted by Crippen LogP contribution is 2.33. The molecule has 19 heavy (non-hydrogen) atoms. The van der Waals surface area contributed by atoms with Gasteiger partial charge in [0.05, 0.1) is 5.69 Å². The molecule has 1 atom stereocenters. The molecule has 0 aliphatic carbocycles. The molecule has 2 aromatic rings. The van der Waals surface area contributed by atoms with Gasteiger partial charge in [-0.3, -0.25) is 0 Å². The van der Waals surface area contributed by atoms with E-state index in [0.29, 0.717) is 5.92 Å². The van der Waals surface area contributed by atoms with Crippen molar-refractivity contribution in [3.05, 3.63) is 51.0 Å². The Bertz CT molecular complexity index is 628. The first-order valence-corrected chi connectivity index (χ1v) is 7.64. The van der Waals surface area contributed by atoms with Crippen molar-refractivity contribution in [2.75, 3.05) is 0 Å². The van der Waals surface area contributed by atoms with E-state index in [1.165, 1.54) is 28.8 Å². The summed E-state index contributed by atoms with van der Waals surface area (Å²) >= 11 is 3.57. The number of hydrogen-bond donors (Lipinski definition) is 0. The predicted molar refractivity (Wildman–Crippen MR) is 81.6 cm³/mol. The molecule has 0 saturated carbocycles. The van der Waals surface area contributed by atoms with E-state index >= 15 is 0 Å². The van der Waals surface area contributed by atoms with Gasteiger partial charge in [-0.15, -0.1) is 0 Å². The second-order valence-electron chi connectivity index (χ2n) is 5.59. The van der Waals surface area contributed by atoms with Gasteiger partial charge in [-0.05, 0) is 66.2 Å². The van der Waals surface area contributed by atoms with E-state index in [0.717, 1.165) is 23.4 Å². The van der Waals surface area contributed by atoms with E-state index in [-0.39, 0.29) is 0 Å². The highest BCUT2D eigenvalue weighted by Gasteiger charge is 2.24. The average Bonchev–Trinajstić information content (AvgIpc) is 2.68. The summed E-state index contributed by atoms with van der Waals surface area (Å²) in [5.41, 5.74) is 5.60. The van der Waals surface area contributed by atoms with Crippen LogP contribution in [-0.2, 0) is 13.0 Å². The van der Waals surface area contributed by atoms with E-state index in [4.69, 9.17) is 0 Å². The van der Waals surface area contributed by atoms with Gasteiger partial charge < -0.3 is 4.57 Å². The van der Waals surface area contributed by atoms with Crippen LogP contribution in [-0.4, -0.2) is 9.55 Å². The summed E-state index contributed by atoms with van der Waals surface area (Å²) in [5.74, 6) is 1.74. The van der Waals surface area contributed by atoms with Gasteiger partial charge in [-0.2, -0.15) is 0 Å². The van der Waals surface area contributed by atoms with Crippen LogP contribution in [0.3, 0.4) is 0 Å². The molecular formula is C16H19BrN2. The third-order valence-electron chi connectivity index (χ3n) is 4.35. The normalized spacial score (nSPS) is 18.4. The maximum Gasteiger partial charge on any atom is 0.127 e. The Hall–Kier alpha value is -1.09. The van der Waals surface area contributed by atoms with Gasteiger partial charge in [0.15, 0.2) is 0 Å². The molecule has 0 saturated heterocycles. The molecule has 0 amide bonds. The third kappa shape index (κ3) is 2.25. The molecule has 3 heteroatoms. The van der Waals surface area contributed by atoms with E-state index in [2.05, 4.69) is 64.5 Å². The van der Waals surface area contributed by atoms with Crippen molar-refractivity contribution in [1.29, 1.82) is 0 Å². The number of hydrogen-bond acceptors (Lipinski definition) is 1. The highest BCUT2D eigenvalue weighted by atomic mass is 79.9. The predicted octanol–water partition coefficient (Wildman–Crippen LogP) is 4.30. The fourth-order valence-corrected chi connectivity index (χ4v) is 3.64. The Labute approximate surface area is 123 Å². The summed E-state index contributed by atoms with van der Waals surface area (Å²) in [7, 11) is 0. The van der Waals surface area contributed by atoms with Gasteiger partial charge in [0, 0.05) is 12.5 Å². The minimum absolute atomic E-state index is 0.617. The van der Waals surface area contributed by atoms with Crippen molar-refractivity contribution in [2.24, 2.45) is 0 Å². The lowest BCUT2D eigenvalue weighted by atomic mass is 9.89. The van der Waals surface area contributed by atoms with Crippen molar-refractivity contribution in [3.8, 4) is 0 Å². The molecule has 0 N–H and O–H groups in total. The molecule has 1 aliphatic heterocycles. The maximum absolute atomic E-state index is 4.53. The van der Waals surface area contributed by atoms with E-state index in [1.807, 2.05) is 0 Å². The summed E-state index contributed by atoms with van der Waals surface area (Å²) < 4.78 is 3.40. The maximum atomic E-state index is 4.53. The van der Waals surface area contributed by atoms with Gasteiger partial charge >= 0.3 is 0 Å². The van der Waals surface area contributed by atoms with Gasteiger partial charge in [0.2, 0.25) is 0 Å². The zero-order chi connectivity index (χ0) is 13.6. The molecule has 1 aliphatic rings. The van der Waals surface area contributed by atoms with Crippen molar-refractivity contribution in [1.82, 2.24) is 9.55 Å². The summed E-state index contributed by atoms with van der Waals surface area (Å²) in [6, 6.07) is 6.89. The summed E-state index contributed by atoms with van der Waals surface area (Å²) in [4.78, 5) is 4.53. The Kier molecular flexibility index (Phi) is 3.25. The van der Waals surface area contributed by atoms with E-state index in [1.54, 1.807) is 0 Å². The largest absolute Gasteiger partial charge is 0.331 e. The van der Waals surface area contributed by atoms with Crippen molar-refractivity contribution < 1.29 is 0 Å². The quantitative estimate of drug-likeness (QED) is 0.766. The second-order valence-corrected chi connectivity index (χ2v) is 6.34. The minimum Gasteiger partial charge on any atom is -0.331 e. The first kappa shape index (κ1) is 12.9. The molecule has 2 nitrogen and oxygen atoms in total. The molecule has 0 spiro atoms. The van der Waals surface area contributed by atoms with Gasteiger partial charge in [-0.1, -0.05) is 18.2 Å². The molecule has 1 aromatic carbocycles. The smallest absolute Gasteiger partial charge is 0.127 e. The molecule has 0 bridgehead atoms. The van der Waals surface area contributed by atoms with Crippen LogP contribution in [0.1, 0.15) is 40.5 Å². The summed E-state index contributed by atoms with van der Waals surface area (Å²) in [6.07, 6.45) is 2.32. The topological polar surface area (TPSA) is 17.8 Å². The number of nitrogens with zero attached hydrogens (tertiary/aromatic N) is 2. The number of imidazole rings is 1. The van der Waals surface area contributed by atoms with Crippen LogP contribution in [0.25, 0.3) is 0 Å². The number of aromatic nitrogens is 2. The Morgan fingerprint density at radius 2 is 2.00 bits per heavy atom. The monoisotopic (exact) mass is 318 g/mol. The molecule has 100 valence electrons. The zero-order valence-corrected chi connectivity index (χ0v) is 13.3. The van der Waals surface area contributed by atoms with Crippen LogP contribution in [0.5, 0.6) is 0 Å². The van der Waals surface area contributed by atoms with Gasteiger partial charge in [-0.25, -0.2) is 4.98 Å². The lowest BCUT2D eigenvalue weighted by molar-refractivity contribution is 0.455. The number of aryl methyl sites for hydroxylation is 3. The van der Waals surface area contributed by atoms with Gasteiger partial charge in [0.25, 0.3) is 0 Å². The number of fused-ring (bicyclic) bond motifs is 1. The number of rotatable bonds is 1. The standard InChI is InChI=1S/C16H19BrN2/c1-10-4-5-13(8-11(10)2)14-6-7-15-16(17)18-12(3)19(15)9-14/h4-5,8,14H,6-7,9H2,1-3H3. The van der Waals surface area contributed by atoms with Crippen LogP contribution in [0.2, 0.25) is 0 Å². The summed E-state index contributed by atoms with van der Waals surface area (Å²) in [6.45, 7) is 7.53. The fraction of sp³-hybridized carbons (Fsp3) is 0.438. The SMILES string of the molecule is Cc1ccc(C2CCc3c(Br)nc(C)n3C2)cc1C. The van der Waals surface area contributed by atoms with Crippen LogP contribution in [0, 0.1) is 20.8 Å². The average molecular weight is 319 g/mol. The molecular weight excluding hydrogens is 300 g/mol. The lowest BCUT2D eigenvalue weighted by Gasteiger charge is -2.26. The molecule has 3 rings (SSSR count). The third-order valence-corrected chi connectivity index (χ3v) is 4.98. The molecule has 2 heterocycles. The van der Waals surface area contributed by atoms with Gasteiger partial charge in [0.1, 0.15) is 10.4 Å². The Morgan fingerprint density at radius 1 is 1.21 bits per heavy atom.